The Hall–Kier alpha value is -2.63. The number of oxazole rings is 1. The van der Waals surface area contributed by atoms with Crippen molar-refractivity contribution in [2.45, 2.75) is 20.3 Å². The molecule has 122 valence electrons. The summed E-state index contributed by atoms with van der Waals surface area (Å²) in [4.78, 5) is 29.8. The fourth-order valence-corrected chi connectivity index (χ4v) is 2.17. The first-order valence-electron chi connectivity index (χ1n) is 7.68. The number of rotatable bonds is 7. The van der Waals surface area contributed by atoms with Crippen LogP contribution in [0.4, 0.5) is 0 Å². The third-order valence-electron chi connectivity index (χ3n) is 3.35. The molecular formula is C17H21N3O3. The van der Waals surface area contributed by atoms with Gasteiger partial charge in [0.15, 0.2) is 0 Å². The zero-order valence-corrected chi connectivity index (χ0v) is 13.4. The average molecular weight is 315 g/mol. The van der Waals surface area contributed by atoms with Crippen molar-refractivity contribution < 1.29 is 14.0 Å². The lowest BCUT2D eigenvalue weighted by atomic mass is 10.2. The van der Waals surface area contributed by atoms with Crippen molar-refractivity contribution in [3.63, 3.8) is 0 Å². The third-order valence-corrected chi connectivity index (χ3v) is 3.35. The van der Waals surface area contributed by atoms with Gasteiger partial charge in [-0.1, -0.05) is 18.2 Å². The van der Waals surface area contributed by atoms with Crippen LogP contribution in [0, 0.1) is 0 Å². The second-order valence-corrected chi connectivity index (χ2v) is 5.05. The molecule has 1 N–H and O–H groups in total. The minimum atomic E-state index is -0.159. The molecule has 0 aliphatic carbocycles. The van der Waals surface area contributed by atoms with Gasteiger partial charge in [-0.15, -0.1) is 0 Å². The van der Waals surface area contributed by atoms with Gasteiger partial charge >= 0.3 is 0 Å². The standard InChI is InChI=1S/C17H21N3O3/c1-3-18-15(21)11-20(4-2)16(22)10-14-12-23-17(19-14)13-8-6-5-7-9-13/h5-9,12H,3-4,10-11H2,1-2H3,(H,18,21). The molecule has 0 spiro atoms. The fraction of sp³-hybridized carbons (Fsp3) is 0.353. The second kappa shape index (κ2) is 8.12. The van der Waals surface area contributed by atoms with Crippen LogP contribution in [0.15, 0.2) is 41.0 Å². The van der Waals surface area contributed by atoms with E-state index in [1.807, 2.05) is 44.2 Å². The largest absolute Gasteiger partial charge is 0.444 e. The highest BCUT2D eigenvalue weighted by Crippen LogP contribution is 2.18. The van der Waals surface area contributed by atoms with Crippen LogP contribution in [0.3, 0.4) is 0 Å². The molecule has 23 heavy (non-hydrogen) atoms. The van der Waals surface area contributed by atoms with E-state index in [2.05, 4.69) is 10.3 Å². The van der Waals surface area contributed by atoms with Crippen LogP contribution in [-0.2, 0) is 16.0 Å². The van der Waals surface area contributed by atoms with Crippen LogP contribution < -0.4 is 5.32 Å². The first-order valence-corrected chi connectivity index (χ1v) is 7.68. The molecule has 6 nitrogen and oxygen atoms in total. The number of hydrogen-bond acceptors (Lipinski definition) is 4. The summed E-state index contributed by atoms with van der Waals surface area (Å²) < 4.78 is 5.42. The highest BCUT2D eigenvalue weighted by atomic mass is 16.3. The van der Waals surface area contributed by atoms with Gasteiger partial charge in [-0.2, -0.15) is 0 Å². The van der Waals surface area contributed by atoms with Gasteiger partial charge in [0.2, 0.25) is 17.7 Å². The molecule has 0 radical (unpaired) electrons. The highest BCUT2D eigenvalue weighted by molar-refractivity contribution is 5.85. The molecule has 0 bridgehead atoms. The van der Waals surface area contributed by atoms with E-state index in [1.54, 1.807) is 0 Å². The Morgan fingerprint density at radius 1 is 1.22 bits per heavy atom. The Kier molecular flexibility index (Phi) is 5.91. The quantitative estimate of drug-likeness (QED) is 0.846. The molecule has 0 aliphatic rings. The summed E-state index contributed by atoms with van der Waals surface area (Å²) in [5, 5.41) is 2.69. The maximum Gasteiger partial charge on any atom is 0.239 e. The van der Waals surface area contributed by atoms with Crippen molar-refractivity contribution in [2.24, 2.45) is 0 Å². The van der Waals surface area contributed by atoms with E-state index < -0.39 is 0 Å². The van der Waals surface area contributed by atoms with Gasteiger partial charge in [0.1, 0.15) is 6.26 Å². The molecule has 6 heteroatoms. The lowest BCUT2D eigenvalue weighted by molar-refractivity contribution is -0.135. The molecule has 2 amide bonds. The maximum atomic E-state index is 12.3. The molecule has 1 aromatic carbocycles. The number of likely N-dealkylation sites (N-methyl/N-ethyl adjacent to an activating group) is 2. The normalized spacial score (nSPS) is 10.3. The summed E-state index contributed by atoms with van der Waals surface area (Å²) in [7, 11) is 0. The summed E-state index contributed by atoms with van der Waals surface area (Å²) in [5.74, 6) is 0.180. The number of carbonyl (C=O) groups excluding carboxylic acids is 2. The van der Waals surface area contributed by atoms with Gasteiger partial charge in [0.25, 0.3) is 0 Å². The zero-order chi connectivity index (χ0) is 16.7. The predicted octanol–water partition coefficient (Wildman–Crippen LogP) is 1.87. The Labute approximate surface area is 135 Å². The minimum absolute atomic E-state index is 0.0621. The monoisotopic (exact) mass is 315 g/mol. The van der Waals surface area contributed by atoms with E-state index in [1.165, 1.54) is 11.2 Å². The first kappa shape index (κ1) is 16.7. The topological polar surface area (TPSA) is 75.4 Å². The van der Waals surface area contributed by atoms with E-state index >= 15 is 0 Å². The molecule has 0 saturated heterocycles. The van der Waals surface area contributed by atoms with Crippen LogP contribution in [0.25, 0.3) is 11.5 Å². The summed E-state index contributed by atoms with van der Waals surface area (Å²) in [6, 6.07) is 9.50. The Balaban J connectivity index is 1.99. The number of benzene rings is 1. The fourth-order valence-electron chi connectivity index (χ4n) is 2.17. The van der Waals surface area contributed by atoms with Crippen molar-refractivity contribution in [1.29, 1.82) is 0 Å². The second-order valence-electron chi connectivity index (χ2n) is 5.05. The Morgan fingerprint density at radius 2 is 1.96 bits per heavy atom. The van der Waals surface area contributed by atoms with E-state index in [9.17, 15) is 9.59 Å². The molecular weight excluding hydrogens is 294 g/mol. The van der Waals surface area contributed by atoms with Gasteiger partial charge in [-0.05, 0) is 26.0 Å². The molecule has 0 aliphatic heterocycles. The lowest BCUT2D eigenvalue weighted by Gasteiger charge is -2.19. The summed E-state index contributed by atoms with van der Waals surface area (Å²) in [6.45, 7) is 4.77. The molecule has 0 saturated carbocycles. The SMILES string of the molecule is CCNC(=O)CN(CC)C(=O)Cc1coc(-c2ccccc2)n1. The number of carbonyl (C=O) groups is 2. The van der Waals surface area contributed by atoms with Crippen LogP contribution in [-0.4, -0.2) is 41.3 Å². The lowest BCUT2D eigenvalue weighted by Crippen LogP contribution is -2.41. The first-order chi connectivity index (χ1) is 11.1. The van der Waals surface area contributed by atoms with Crippen LogP contribution in [0.2, 0.25) is 0 Å². The molecule has 0 fully saturated rings. The smallest absolute Gasteiger partial charge is 0.239 e. The predicted molar refractivity (Wildman–Crippen MR) is 86.6 cm³/mol. The van der Waals surface area contributed by atoms with Crippen molar-refractivity contribution >= 4 is 11.8 Å². The third kappa shape index (κ3) is 4.67. The van der Waals surface area contributed by atoms with E-state index in [-0.39, 0.29) is 24.8 Å². The van der Waals surface area contributed by atoms with Crippen LogP contribution >= 0.6 is 0 Å². The van der Waals surface area contributed by atoms with Crippen LogP contribution in [0.1, 0.15) is 19.5 Å². The summed E-state index contributed by atoms with van der Waals surface area (Å²) in [6.07, 6.45) is 1.60. The number of aromatic nitrogens is 1. The van der Waals surface area contributed by atoms with E-state index in [4.69, 9.17) is 4.42 Å². The molecule has 0 unspecified atom stereocenters. The molecule has 2 rings (SSSR count). The molecule has 2 aromatic rings. The van der Waals surface area contributed by atoms with Crippen molar-refractivity contribution in [3.8, 4) is 11.5 Å². The van der Waals surface area contributed by atoms with Gasteiger partial charge in [0.05, 0.1) is 18.7 Å². The maximum absolute atomic E-state index is 12.3. The average Bonchev–Trinajstić information content (AvgIpc) is 3.02. The Morgan fingerprint density at radius 3 is 2.61 bits per heavy atom. The number of amides is 2. The van der Waals surface area contributed by atoms with Gasteiger partial charge in [0, 0.05) is 18.7 Å². The van der Waals surface area contributed by atoms with Crippen LogP contribution in [0.5, 0.6) is 0 Å². The molecule has 1 heterocycles. The molecule has 0 atom stereocenters. The number of nitrogens with one attached hydrogen (secondary N) is 1. The number of nitrogens with zero attached hydrogens (tertiary/aromatic N) is 2. The highest BCUT2D eigenvalue weighted by Gasteiger charge is 2.17. The van der Waals surface area contributed by atoms with Crippen molar-refractivity contribution in [2.75, 3.05) is 19.6 Å². The zero-order valence-electron chi connectivity index (χ0n) is 13.4. The Bertz CT molecular complexity index is 652. The summed E-state index contributed by atoms with van der Waals surface area (Å²) in [5.41, 5.74) is 1.42. The van der Waals surface area contributed by atoms with Crippen molar-refractivity contribution in [1.82, 2.24) is 15.2 Å². The minimum Gasteiger partial charge on any atom is -0.444 e. The summed E-state index contributed by atoms with van der Waals surface area (Å²) >= 11 is 0. The number of hydrogen-bond donors (Lipinski definition) is 1. The molecule has 1 aromatic heterocycles. The van der Waals surface area contributed by atoms with Gasteiger partial charge in [-0.3, -0.25) is 9.59 Å². The van der Waals surface area contributed by atoms with Crippen molar-refractivity contribution in [3.05, 3.63) is 42.3 Å². The van der Waals surface area contributed by atoms with E-state index in [0.717, 1.165) is 5.56 Å². The van der Waals surface area contributed by atoms with E-state index in [0.29, 0.717) is 24.7 Å². The van der Waals surface area contributed by atoms with Gasteiger partial charge < -0.3 is 14.6 Å². The van der Waals surface area contributed by atoms with Gasteiger partial charge in [-0.25, -0.2) is 4.98 Å².